The summed E-state index contributed by atoms with van der Waals surface area (Å²) in [5.41, 5.74) is 10.1. The van der Waals surface area contributed by atoms with E-state index in [-0.39, 0.29) is 17.0 Å². The van der Waals surface area contributed by atoms with Crippen LogP contribution in [0.3, 0.4) is 0 Å². The average molecular weight is 473 g/mol. The van der Waals surface area contributed by atoms with E-state index in [1.165, 1.54) is 0 Å². The molecule has 7 nitrogen and oxygen atoms in total. The molecule has 0 bridgehead atoms. The number of rotatable bonds is 6. The van der Waals surface area contributed by atoms with Crippen LogP contribution in [-0.4, -0.2) is 33.1 Å². The number of cyclic esters (lactones) is 1. The molecule has 3 aromatic rings. The number of nitrogens with zero attached hydrogens (tertiary/aromatic N) is 3. The number of carbonyl (C=O) groups excluding carboxylic acids is 1. The lowest BCUT2D eigenvalue weighted by Gasteiger charge is -2.30. The van der Waals surface area contributed by atoms with Gasteiger partial charge in [-0.25, -0.2) is 9.78 Å². The minimum Gasteiger partial charge on any atom is -0.471 e. The molecule has 2 N–H and O–H groups in total. The van der Waals surface area contributed by atoms with Crippen molar-refractivity contribution >= 4 is 16.7 Å². The van der Waals surface area contributed by atoms with Crippen LogP contribution in [0.4, 0.5) is 0 Å². The molecule has 0 spiro atoms. The molecule has 0 saturated heterocycles. The van der Waals surface area contributed by atoms with Crippen LogP contribution >= 0.6 is 0 Å². The maximum absolute atomic E-state index is 12.2. The fourth-order valence-corrected chi connectivity index (χ4v) is 5.03. The van der Waals surface area contributed by atoms with E-state index in [1.807, 2.05) is 38.4 Å². The number of esters is 1. The van der Waals surface area contributed by atoms with Crippen molar-refractivity contribution in [3.05, 3.63) is 58.8 Å². The van der Waals surface area contributed by atoms with Crippen molar-refractivity contribution in [2.75, 3.05) is 6.61 Å². The van der Waals surface area contributed by atoms with E-state index < -0.39 is 5.54 Å². The lowest BCUT2D eigenvalue weighted by Crippen LogP contribution is -2.36. The number of carbonyl (C=O) groups is 1. The summed E-state index contributed by atoms with van der Waals surface area (Å²) in [4.78, 5) is 26.5. The fraction of sp³-hybridized carbons (Fsp3) is 0.500. The highest BCUT2D eigenvalue weighted by Gasteiger charge is 2.43. The van der Waals surface area contributed by atoms with Gasteiger partial charge in [0.05, 0.1) is 16.6 Å². The van der Waals surface area contributed by atoms with Crippen LogP contribution in [0.1, 0.15) is 86.4 Å². The zero-order chi connectivity index (χ0) is 24.6. The number of ether oxygens (including phenoxy) is 2. The Morgan fingerprint density at radius 2 is 1.89 bits per heavy atom. The van der Waals surface area contributed by atoms with Crippen LogP contribution in [0.15, 0.2) is 30.6 Å². The first-order chi connectivity index (χ1) is 16.6. The van der Waals surface area contributed by atoms with Gasteiger partial charge < -0.3 is 15.2 Å². The molecule has 1 aliphatic heterocycles. The molecular weight excluding hydrogens is 440 g/mol. The summed E-state index contributed by atoms with van der Waals surface area (Å²) in [6.45, 7) is 8.65. The van der Waals surface area contributed by atoms with E-state index in [0.717, 1.165) is 59.1 Å². The van der Waals surface area contributed by atoms with Gasteiger partial charge in [0.2, 0.25) is 5.88 Å². The van der Waals surface area contributed by atoms with Crippen molar-refractivity contribution in [3.8, 4) is 5.88 Å². The summed E-state index contributed by atoms with van der Waals surface area (Å²) >= 11 is 0. The first-order valence-corrected chi connectivity index (χ1v) is 12.5. The van der Waals surface area contributed by atoms with E-state index in [2.05, 4.69) is 19.9 Å². The second kappa shape index (κ2) is 7.47. The Morgan fingerprint density at radius 3 is 2.60 bits per heavy atom. The molecule has 35 heavy (non-hydrogen) atoms. The number of fused-ring (bicyclic) bond motifs is 2. The van der Waals surface area contributed by atoms with Crippen molar-refractivity contribution in [1.82, 2.24) is 15.0 Å². The van der Waals surface area contributed by atoms with Gasteiger partial charge in [-0.1, -0.05) is 13.8 Å². The average Bonchev–Trinajstić information content (AvgIpc) is 3.74. The van der Waals surface area contributed by atoms with E-state index in [9.17, 15) is 4.79 Å². The minimum absolute atomic E-state index is 0.135. The number of hydrogen-bond acceptors (Lipinski definition) is 7. The van der Waals surface area contributed by atoms with Crippen molar-refractivity contribution < 1.29 is 14.3 Å². The molecular formula is C28H32N4O3. The van der Waals surface area contributed by atoms with Gasteiger partial charge in [0.15, 0.2) is 0 Å². The van der Waals surface area contributed by atoms with Gasteiger partial charge in [0, 0.05) is 41.2 Å². The third kappa shape index (κ3) is 3.96. The highest BCUT2D eigenvalue weighted by atomic mass is 16.5. The van der Waals surface area contributed by atoms with Gasteiger partial charge in [-0.3, -0.25) is 9.97 Å². The first kappa shape index (κ1) is 22.4. The predicted molar refractivity (Wildman–Crippen MR) is 132 cm³/mol. The molecule has 3 aromatic heterocycles. The molecule has 3 aliphatic rings. The quantitative estimate of drug-likeness (QED) is 0.524. The number of nitrogens with two attached hydrogens (primary N) is 1. The summed E-state index contributed by atoms with van der Waals surface area (Å²) in [6.07, 6.45) is 8.67. The molecule has 182 valence electrons. The van der Waals surface area contributed by atoms with Crippen molar-refractivity contribution in [3.63, 3.8) is 0 Å². The van der Waals surface area contributed by atoms with E-state index in [0.29, 0.717) is 30.4 Å². The first-order valence-electron chi connectivity index (χ1n) is 12.5. The van der Waals surface area contributed by atoms with Crippen LogP contribution in [0.25, 0.3) is 10.8 Å². The zero-order valence-corrected chi connectivity index (χ0v) is 20.9. The summed E-state index contributed by atoms with van der Waals surface area (Å²) in [5.74, 6) is 0.779. The Balaban J connectivity index is 1.41. The van der Waals surface area contributed by atoms with E-state index in [4.69, 9.17) is 30.2 Å². The molecule has 6 rings (SSSR count). The highest BCUT2D eigenvalue weighted by Crippen LogP contribution is 2.47. The van der Waals surface area contributed by atoms with Crippen LogP contribution in [0.5, 0.6) is 5.88 Å². The second-order valence-corrected chi connectivity index (χ2v) is 11.6. The van der Waals surface area contributed by atoms with Gasteiger partial charge in [-0.05, 0) is 74.6 Å². The van der Waals surface area contributed by atoms with Gasteiger partial charge in [-0.15, -0.1) is 0 Å². The molecule has 4 heterocycles. The Kier molecular flexibility index (Phi) is 4.78. The van der Waals surface area contributed by atoms with Gasteiger partial charge in [0.25, 0.3) is 0 Å². The molecule has 7 heteroatoms. The minimum atomic E-state index is -0.458. The maximum atomic E-state index is 12.2. The van der Waals surface area contributed by atoms with Gasteiger partial charge in [-0.2, -0.15) is 0 Å². The second-order valence-electron chi connectivity index (χ2n) is 11.6. The van der Waals surface area contributed by atoms with Crippen molar-refractivity contribution in [1.29, 1.82) is 0 Å². The topological polar surface area (TPSA) is 100 Å². The van der Waals surface area contributed by atoms with Crippen LogP contribution in [-0.2, 0) is 22.1 Å². The van der Waals surface area contributed by atoms with Gasteiger partial charge in [0.1, 0.15) is 12.2 Å². The highest BCUT2D eigenvalue weighted by molar-refractivity contribution is 5.92. The zero-order valence-electron chi connectivity index (χ0n) is 20.9. The summed E-state index contributed by atoms with van der Waals surface area (Å²) in [5, 5.41) is 1.95. The molecule has 0 aromatic carbocycles. The van der Waals surface area contributed by atoms with E-state index in [1.54, 1.807) is 0 Å². The molecule has 0 amide bonds. The number of pyridine rings is 3. The SMILES string of the molecule is CC1(Oc2ncc([C@](C)(N)C3CC3)c3cc(Cc4ccc5c(n4)C(C)(C)COC5=O)ncc23)CC1. The summed E-state index contributed by atoms with van der Waals surface area (Å²) in [6, 6.07) is 5.83. The van der Waals surface area contributed by atoms with E-state index >= 15 is 0 Å². The normalized spacial score (nSPS) is 21.7. The molecule has 0 radical (unpaired) electrons. The molecule has 2 saturated carbocycles. The fourth-order valence-electron chi connectivity index (χ4n) is 5.03. The Morgan fingerprint density at radius 1 is 1.11 bits per heavy atom. The van der Waals surface area contributed by atoms with Crippen molar-refractivity contribution in [2.45, 2.75) is 76.4 Å². The third-order valence-electron chi connectivity index (χ3n) is 7.84. The number of hydrogen-bond donors (Lipinski definition) is 1. The summed E-state index contributed by atoms with van der Waals surface area (Å²) in [7, 11) is 0. The number of aromatic nitrogens is 3. The standard InChI is InChI=1S/C28H32N4O3/c1-26(2)15-34-25(33)19-8-7-17(32-23(19)26)11-18-12-20-21(13-30-18)24(35-27(3)9-10-27)31-14-22(20)28(4,29)16-5-6-16/h7-8,12-14,16H,5-6,9-11,15,29H2,1-4H3/t28-/m1/s1. The molecule has 1 atom stereocenters. The van der Waals surface area contributed by atoms with Gasteiger partial charge >= 0.3 is 5.97 Å². The smallest absolute Gasteiger partial charge is 0.340 e. The lowest BCUT2D eigenvalue weighted by atomic mass is 9.84. The Bertz CT molecular complexity index is 1360. The molecule has 2 fully saturated rings. The van der Waals surface area contributed by atoms with Crippen LogP contribution in [0.2, 0.25) is 0 Å². The Labute approximate surface area is 205 Å². The molecule has 2 aliphatic carbocycles. The summed E-state index contributed by atoms with van der Waals surface area (Å²) < 4.78 is 11.6. The Hall–Kier alpha value is -3.06. The predicted octanol–water partition coefficient (Wildman–Crippen LogP) is 4.58. The van der Waals surface area contributed by atoms with Crippen molar-refractivity contribution in [2.24, 2.45) is 11.7 Å². The monoisotopic (exact) mass is 472 g/mol. The lowest BCUT2D eigenvalue weighted by molar-refractivity contribution is 0.0366. The third-order valence-corrected chi connectivity index (χ3v) is 7.84. The largest absolute Gasteiger partial charge is 0.471 e. The van der Waals surface area contributed by atoms with Crippen LogP contribution < -0.4 is 10.5 Å². The maximum Gasteiger partial charge on any atom is 0.340 e. The molecule has 0 unspecified atom stereocenters. The van der Waals surface area contributed by atoms with Crippen LogP contribution in [0, 0.1) is 5.92 Å².